The smallest absolute Gasteiger partial charge is 0.123 e. The molecule has 0 bridgehead atoms. The van der Waals surface area contributed by atoms with E-state index in [9.17, 15) is 9.50 Å². The number of hydrogen-bond donors (Lipinski definition) is 1. The summed E-state index contributed by atoms with van der Waals surface area (Å²) in [6.07, 6.45) is 2.25. The highest BCUT2D eigenvalue weighted by Crippen LogP contribution is 2.33. The van der Waals surface area contributed by atoms with Crippen LogP contribution in [0.5, 0.6) is 0 Å². The van der Waals surface area contributed by atoms with Gasteiger partial charge in [-0.15, -0.1) is 0 Å². The molecule has 3 rings (SSSR count). The van der Waals surface area contributed by atoms with Crippen LogP contribution in [0.4, 0.5) is 4.39 Å². The molecule has 0 radical (unpaired) electrons. The topological polar surface area (TPSA) is 41.3 Å². The van der Waals surface area contributed by atoms with Crippen LogP contribution in [0.15, 0.2) is 36.4 Å². The molecule has 2 aromatic rings. The first-order valence-corrected chi connectivity index (χ1v) is 9.66. The summed E-state index contributed by atoms with van der Waals surface area (Å²) in [4.78, 5) is 2.39. The number of likely N-dealkylation sites (tertiary alicyclic amines) is 1. The summed E-state index contributed by atoms with van der Waals surface area (Å²) in [6.45, 7) is 13.5. The van der Waals surface area contributed by atoms with Gasteiger partial charge in [-0.05, 0) is 64.3 Å². The molecule has 2 heterocycles. The zero-order valence-electron chi connectivity index (χ0n) is 16.6. The van der Waals surface area contributed by atoms with Gasteiger partial charge in [0, 0.05) is 24.3 Å². The molecule has 4 nitrogen and oxygen atoms in total. The van der Waals surface area contributed by atoms with Crippen molar-refractivity contribution in [2.24, 2.45) is 0 Å². The average molecular weight is 372 g/mol. The molecule has 1 saturated heterocycles. The number of rotatable bonds is 5. The summed E-state index contributed by atoms with van der Waals surface area (Å²) >= 11 is 0. The van der Waals surface area contributed by atoms with Crippen LogP contribution in [0, 0.1) is 19.7 Å². The van der Waals surface area contributed by atoms with E-state index in [4.69, 9.17) is 0 Å². The van der Waals surface area contributed by atoms with Crippen molar-refractivity contribution in [2.45, 2.75) is 58.7 Å². The average Bonchev–Trinajstić information content (AvgIpc) is 2.77. The fourth-order valence-electron chi connectivity index (χ4n) is 3.98. The number of halogens is 1. The highest BCUT2D eigenvalue weighted by molar-refractivity contribution is 5.26. The Bertz CT molecular complexity index is 812. The van der Waals surface area contributed by atoms with Gasteiger partial charge in [0.15, 0.2) is 0 Å². The number of nitrogens with zero attached hydrogens (tertiary/aromatic N) is 3. The molecule has 146 valence electrons. The fourth-order valence-corrected chi connectivity index (χ4v) is 3.98. The fraction of sp³-hybridized carbons (Fsp3) is 0.500. The molecular formula is C22H30FN3O. The molecule has 0 amide bonds. The molecule has 0 spiro atoms. The Morgan fingerprint density at radius 3 is 2.59 bits per heavy atom. The van der Waals surface area contributed by atoms with Crippen LogP contribution in [-0.2, 0) is 18.7 Å². The van der Waals surface area contributed by atoms with Crippen molar-refractivity contribution in [3.63, 3.8) is 0 Å². The van der Waals surface area contributed by atoms with E-state index in [1.807, 2.05) is 11.6 Å². The molecule has 1 aromatic carbocycles. The van der Waals surface area contributed by atoms with Crippen molar-refractivity contribution >= 4 is 0 Å². The minimum Gasteiger partial charge on any atom is -0.385 e. The molecule has 5 heteroatoms. The van der Waals surface area contributed by atoms with E-state index in [2.05, 4.69) is 30.4 Å². The van der Waals surface area contributed by atoms with Crippen molar-refractivity contribution in [1.29, 1.82) is 0 Å². The van der Waals surface area contributed by atoms with Crippen LogP contribution in [0.1, 0.15) is 48.7 Å². The molecule has 0 aliphatic carbocycles. The van der Waals surface area contributed by atoms with E-state index in [1.54, 1.807) is 12.1 Å². The van der Waals surface area contributed by atoms with Gasteiger partial charge in [0.1, 0.15) is 5.82 Å². The molecule has 1 atom stereocenters. The SMILES string of the molecule is C=C(C)Cn1nc(C)c(CN2CCC[C@](O)(c3ccc(F)cc3)CC2)c1C. The number of aromatic nitrogens is 2. The number of hydrogen-bond acceptors (Lipinski definition) is 3. The number of aliphatic hydroxyl groups is 1. The first-order valence-electron chi connectivity index (χ1n) is 9.66. The number of allylic oxidation sites excluding steroid dienone is 1. The molecule has 0 unspecified atom stereocenters. The third kappa shape index (κ3) is 4.47. The van der Waals surface area contributed by atoms with Gasteiger partial charge in [0.05, 0.1) is 17.8 Å². The Morgan fingerprint density at radius 2 is 1.93 bits per heavy atom. The van der Waals surface area contributed by atoms with Gasteiger partial charge >= 0.3 is 0 Å². The molecule has 0 saturated carbocycles. The maximum Gasteiger partial charge on any atom is 0.123 e. The quantitative estimate of drug-likeness (QED) is 0.805. The van der Waals surface area contributed by atoms with Gasteiger partial charge in [0.2, 0.25) is 0 Å². The van der Waals surface area contributed by atoms with Crippen LogP contribution in [0.2, 0.25) is 0 Å². The van der Waals surface area contributed by atoms with Crippen LogP contribution in [0.25, 0.3) is 0 Å². The standard InChI is InChI=1S/C22H30FN3O/c1-16(2)14-26-18(4)21(17(3)24-26)15-25-12-5-10-22(27,11-13-25)19-6-8-20(23)9-7-19/h6-9,27H,1,5,10-15H2,2-4H3/t22-/m1/s1. The van der Waals surface area contributed by atoms with E-state index in [1.165, 1.54) is 23.4 Å². The second kappa shape index (κ2) is 7.95. The second-order valence-electron chi connectivity index (χ2n) is 7.93. The molecule has 1 aliphatic heterocycles. The summed E-state index contributed by atoms with van der Waals surface area (Å²) in [6, 6.07) is 6.28. The summed E-state index contributed by atoms with van der Waals surface area (Å²) < 4.78 is 15.2. The molecule has 1 aliphatic rings. The Morgan fingerprint density at radius 1 is 1.22 bits per heavy atom. The van der Waals surface area contributed by atoms with Gasteiger partial charge in [-0.1, -0.05) is 24.3 Å². The summed E-state index contributed by atoms with van der Waals surface area (Å²) in [5, 5.41) is 15.8. The summed E-state index contributed by atoms with van der Waals surface area (Å²) in [5.41, 5.74) is 4.54. The molecule has 1 fully saturated rings. The zero-order chi connectivity index (χ0) is 19.6. The van der Waals surface area contributed by atoms with Gasteiger partial charge in [-0.3, -0.25) is 9.58 Å². The van der Waals surface area contributed by atoms with E-state index >= 15 is 0 Å². The van der Waals surface area contributed by atoms with Crippen molar-refractivity contribution in [3.05, 3.63) is 64.7 Å². The van der Waals surface area contributed by atoms with E-state index < -0.39 is 5.60 Å². The van der Waals surface area contributed by atoms with E-state index in [0.29, 0.717) is 12.8 Å². The van der Waals surface area contributed by atoms with Crippen LogP contribution >= 0.6 is 0 Å². The third-order valence-corrected chi connectivity index (χ3v) is 5.62. The predicted octanol–water partition coefficient (Wildman–Crippen LogP) is 4.09. The largest absolute Gasteiger partial charge is 0.385 e. The monoisotopic (exact) mass is 371 g/mol. The second-order valence-corrected chi connectivity index (χ2v) is 7.93. The minimum atomic E-state index is -0.878. The Balaban J connectivity index is 1.71. The van der Waals surface area contributed by atoms with E-state index in [-0.39, 0.29) is 5.82 Å². The Kier molecular flexibility index (Phi) is 5.82. The van der Waals surface area contributed by atoms with Crippen LogP contribution in [0.3, 0.4) is 0 Å². The summed E-state index contributed by atoms with van der Waals surface area (Å²) in [7, 11) is 0. The van der Waals surface area contributed by atoms with Crippen molar-refractivity contribution in [1.82, 2.24) is 14.7 Å². The third-order valence-electron chi connectivity index (χ3n) is 5.62. The summed E-state index contributed by atoms with van der Waals surface area (Å²) in [5.74, 6) is -0.268. The van der Waals surface area contributed by atoms with Gasteiger partial charge in [-0.2, -0.15) is 5.10 Å². The maximum absolute atomic E-state index is 13.2. The zero-order valence-corrected chi connectivity index (χ0v) is 16.6. The predicted molar refractivity (Wildman–Crippen MR) is 106 cm³/mol. The lowest BCUT2D eigenvalue weighted by atomic mass is 9.87. The van der Waals surface area contributed by atoms with Crippen LogP contribution in [-0.4, -0.2) is 32.9 Å². The number of benzene rings is 1. The van der Waals surface area contributed by atoms with E-state index in [0.717, 1.165) is 49.4 Å². The lowest BCUT2D eigenvalue weighted by molar-refractivity contribution is 0.0209. The van der Waals surface area contributed by atoms with Crippen molar-refractivity contribution < 1.29 is 9.50 Å². The molecule has 27 heavy (non-hydrogen) atoms. The van der Waals surface area contributed by atoms with Crippen molar-refractivity contribution in [2.75, 3.05) is 13.1 Å². The highest BCUT2D eigenvalue weighted by atomic mass is 19.1. The van der Waals surface area contributed by atoms with Gasteiger partial charge in [-0.25, -0.2) is 4.39 Å². The molecule has 1 N–H and O–H groups in total. The highest BCUT2D eigenvalue weighted by Gasteiger charge is 2.32. The van der Waals surface area contributed by atoms with Crippen molar-refractivity contribution in [3.8, 4) is 0 Å². The normalized spacial score (nSPS) is 21.2. The molecular weight excluding hydrogens is 341 g/mol. The van der Waals surface area contributed by atoms with Crippen LogP contribution < -0.4 is 0 Å². The Hall–Kier alpha value is -1.98. The first-order chi connectivity index (χ1) is 12.8. The Labute approximate surface area is 161 Å². The van der Waals surface area contributed by atoms with Gasteiger partial charge < -0.3 is 5.11 Å². The lowest BCUT2D eigenvalue weighted by Gasteiger charge is -2.27. The number of aryl methyl sites for hydroxylation is 1. The maximum atomic E-state index is 13.2. The minimum absolute atomic E-state index is 0.268. The first kappa shape index (κ1) is 19.8. The molecule has 1 aromatic heterocycles. The van der Waals surface area contributed by atoms with Gasteiger partial charge in [0.25, 0.3) is 0 Å². The lowest BCUT2D eigenvalue weighted by Crippen LogP contribution is -2.29.